The van der Waals surface area contributed by atoms with Crippen molar-refractivity contribution >= 4 is 29.3 Å². The van der Waals surface area contributed by atoms with Crippen molar-refractivity contribution in [3.8, 4) is 0 Å². The number of carbonyl (C=O) groups excluding carboxylic acids is 1. The normalized spacial score (nSPS) is 17.1. The lowest BCUT2D eigenvalue weighted by Crippen LogP contribution is -2.47. The van der Waals surface area contributed by atoms with Crippen LogP contribution in [0.2, 0.25) is 0 Å². The quantitative estimate of drug-likeness (QED) is 0.841. The van der Waals surface area contributed by atoms with Crippen molar-refractivity contribution in [1.29, 1.82) is 0 Å². The maximum atomic E-state index is 12.7. The van der Waals surface area contributed by atoms with Gasteiger partial charge in [0.1, 0.15) is 5.54 Å². The summed E-state index contributed by atoms with van der Waals surface area (Å²) in [5.41, 5.74) is -1.84. The molecule has 108 valence electrons. The van der Waals surface area contributed by atoms with E-state index in [1.54, 1.807) is 0 Å². The first kappa shape index (κ1) is 14.6. The van der Waals surface area contributed by atoms with Crippen LogP contribution in [-0.4, -0.2) is 28.7 Å². The Kier molecular flexibility index (Phi) is 3.59. The average molecular weight is 305 g/mol. The van der Waals surface area contributed by atoms with Gasteiger partial charge < -0.3 is 10.4 Å². The zero-order chi connectivity index (χ0) is 15.0. The molecule has 20 heavy (non-hydrogen) atoms. The molecule has 1 aliphatic carbocycles. The van der Waals surface area contributed by atoms with E-state index in [2.05, 4.69) is 0 Å². The van der Waals surface area contributed by atoms with Gasteiger partial charge in [-0.05, 0) is 35.9 Å². The molecule has 0 spiro atoms. The van der Waals surface area contributed by atoms with E-state index < -0.39 is 23.6 Å². The molecule has 1 aliphatic rings. The molecule has 0 unspecified atom stereocenters. The number of hydrogen-bond acceptors (Lipinski definition) is 3. The molecule has 0 atom stereocenters. The molecule has 2 rings (SSSR count). The van der Waals surface area contributed by atoms with Crippen molar-refractivity contribution in [3.63, 3.8) is 0 Å². The first-order valence-corrected chi connectivity index (χ1v) is 6.51. The second-order valence-corrected chi connectivity index (χ2v) is 5.33. The van der Waals surface area contributed by atoms with Gasteiger partial charge in [0.2, 0.25) is 0 Å². The van der Waals surface area contributed by atoms with Crippen molar-refractivity contribution in [1.82, 2.24) is 5.32 Å². The Labute approximate surface area is 115 Å². The number of carboxylic acid groups (broad SMARTS) is 1. The number of amides is 1. The lowest BCUT2D eigenvalue weighted by molar-refractivity contribution is -0.163. The van der Waals surface area contributed by atoms with Crippen LogP contribution in [0, 0.1) is 0 Å². The van der Waals surface area contributed by atoms with Crippen LogP contribution in [0.1, 0.15) is 28.1 Å². The van der Waals surface area contributed by atoms with Gasteiger partial charge in [-0.25, -0.2) is 4.79 Å². The molecule has 0 aliphatic heterocycles. The number of carboxylic acids is 1. The number of hydrogen-bond donors (Lipinski definition) is 2. The Morgan fingerprint density at radius 2 is 2.05 bits per heavy atom. The van der Waals surface area contributed by atoms with Gasteiger partial charge in [0.05, 0.1) is 4.88 Å². The highest BCUT2D eigenvalue weighted by Gasteiger charge is 2.64. The van der Waals surface area contributed by atoms with Crippen molar-refractivity contribution in [2.24, 2.45) is 0 Å². The van der Waals surface area contributed by atoms with Crippen molar-refractivity contribution in [2.75, 3.05) is 0 Å². The third-order valence-electron chi connectivity index (χ3n) is 2.95. The van der Waals surface area contributed by atoms with Crippen LogP contribution >= 0.6 is 11.3 Å². The van der Waals surface area contributed by atoms with Crippen LogP contribution in [0.25, 0.3) is 6.08 Å². The van der Waals surface area contributed by atoms with Gasteiger partial charge in [-0.3, -0.25) is 4.79 Å². The molecule has 8 heteroatoms. The van der Waals surface area contributed by atoms with Crippen LogP contribution in [0.5, 0.6) is 0 Å². The van der Waals surface area contributed by atoms with E-state index in [9.17, 15) is 22.8 Å². The number of aliphatic carboxylic acids is 1. The Hall–Kier alpha value is -1.83. The molecule has 1 aromatic heterocycles. The van der Waals surface area contributed by atoms with Crippen LogP contribution < -0.4 is 5.32 Å². The zero-order valence-electron chi connectivity index (χ0n) is 10.0. The maximum Gasteiger partial charge on any atom is 0.411 e. The van der Waals surface area contributed by atoms with Gasteiger partial charge in [0.15, 0.2) is 0 Å². The zero-order valence-corrected chi connectivity index (χ0v) is 10.8. The molecule has 0 saturated heterocycles. The van der Waals surface area contributed by atoms with E-state index in [1.165, 1.54) is 17.5 Å². The summed E-state index contributed by atoms with van der Waals surface area (Å²) in [6, 6.07) is 1.48. The fourth-order valence-corrected chi connectivity index (χ4v) is 2.46. The minimum absolute atomic E-state index is 0.0676. The number of rotatable bonds is 4. The highest BCUT2D eigenvalue weighted by molar-refractivity contribution is 7.12. The molecule has 4 nitrogen and oxygen atoms in total. The molecule has 1 heterocycles. The molecule has 1 fully saturated rings. The summed E-state index contributed by atoms with van der Waals surface area (Å²) in [7, 11) is 0. The van der Waals surface area contributed by atoms with Gasteiger partial charge in [-0.1, -0.05) is 0 Å². The van der Waals surface area contributed by atoms with E-state index >= 15 is 0 Å². The molecular weight excluding hydrogens is 295 g/mol. The van der Waals surface area contributed by atoms with Crippen LogP contribution in [-0.2, 0) is 4.79 Å². The largest absolute Gasteiger partial charge is 0.478 e. The molecule has 1 aromatic rings. The smallest absolute Gasteiger partial charge is 0.411 e. The third-order valence-corrected chi connectivity index (χ3v) is 3.88. The number of halogens is 3. The Bertz CT molecular complexity index is 573. The number of alkyl halides is 3. The first-order valence-electron chi connectivity index (χ1n) is 5.63. The van der Waals surface area contributed by atoms with Gasteiger partial charge in [-0.2, -0.15) is 13.2 Å². The molecule has 2 N–H and O–H groups in total. The summed E-state index contributed by atoms with van der Waals surface area (Å²) in [4.78, 5) is 22.4. The summed E-state index contributed by atoms with van der Waals surface area (Å²) in [6.07, 6.45) is -2.73. The van der Waals surface area contributed by atoms with E-state index in [0.29, 0.717) is 0 Å². The van der Waals surface area contributed by atoms with Gasteiger partial charge in [-0.15, -0.1) is 11.3 Å². The first-order chi connectivity index (χ1) is 9.25. The van der Waals surface area contributed by atoms with E-state index in [1.807, 2.05) is 5.32 Å². The second-order valence-electron chi connectivity index (χ2n) is 4.41. The van der Waals surface area contributed by atoms with E-state index in [0.717, 1.165) is 17.4 Å². The lowest BCUT2D eigenvalue weighted by Gasteiger charge is -2.20. The van der Waals surface area contributed by atoms with Gasteiger partial charge in [0.25, 0.3) is 5.91 Å². The number of carbonyl (C=O) groups is 2. The topological polar surface area (TPSA) is 66.4 Å². The third kappa shape index (κ3) is 2.84. The molecule has 0 aromatic carbocycles. The highest BCUT2D eigenvalue weighted by atomic mass is 32.1. The van der Waals surface area contributed by atoms with Gasteiger partial charge in [0, 0.05) is 6.08 Å². The predicted octanol–water partition coefficient (Wildman–Crippen LogP) is 2.67. The highest BCUT2D eigenvalue weighted by Crippen LogP contribution is 2.49. The average Bonchev–Trinajstić information content (AvgIpc) is 2.96. The minimum atomic E-state index is -4.48. The van der Waals surface area contributed by atoms with E-state index in [-0.39, 0.29) is 23.3 Å². The molecule has 1 amide bonds. The fraction of sp³-hybridized carbons (Fsp3) is 0.333. The summed E-state index contributed by atoms with van der Waals surface area (Å²) >= 11 is 0.965. The SMILES string of the molecule is O=C(O)/C=C/c1ccsc1C(=O)NC1(C(F)(F)F)CC1. The standard InChI is InChI=1S/C12H10F3NO3S/c13-12(14,15)11(4-5-11)16-10(19)9-7(3-6-20-9)1-2-8(17)18/h1-3,6H,4-5H2,(H,16,19)(H,17,18)/b2-1+. The fourth-order valence-electron chi connectivity index (χ4n) is 1.67. The Morgan fingerprint density at radius 1 is 1.40 bits per heavy atom. The maximum absolute atomic E-state index is 12.7. The molecular formula is C12H10F3NO3S. The minimum Gasteiger partial charge on any atom is -0.478 e. The number of thiophene rings is 1. The molecule has 1 saturated carbocycles. The van der Waals surface area contributed by atoms with E-state index in [4.69, 9.17) is 5.11 Å². The van der Waals surface area contributed by atoms with Crippen LogP contribution in [0.15, 0.2) is 17.5 Å². The molecule has 0 radical (unpaired) electrons. The van der Waals surface area contributed by atoms with Crippen molar-refractivity contribution in [3.05, 3.63) is 28.0 Å². The monoisotopic (exact) mass is 305 g/mol. The summed E-state index contributed by atoms with van der Waals surface area (Å²) in [5, 5.41) is 12.0. The predicted molar refractivity (Wildman–Crippen MR) is 66.5 cm³/mol. The number of nitrogens with one attached hydrogen (secondary N) is 1. The summed E-state index contributed by atoms with van der Waals surface area (Å²) in [6.45, 7) is 0. The summed E-state index contributed by atoms with van der Waals surface area (Å²) < 4.78 is 38.2. The van der Waals surface area contributed by atoms with Crippen LogP contribution in [0.3, 0.4) is 0 Å². The summed E-state index contributed by atoms with van der Waals surface area (Å²) in [5.74, 6) is -2.03. The van der Waals surface area contributed by atoms with Crippen LogP contribution in [0.4, 0.5) is 13.2 Å². The lowest BCUT2D eigenvalue weighted by atomic mass is 10.2. The Morgan fingerprint density at radius 3 is 2.55 bits per heavy atom. The second kappa shape index (κ2) is 4.93. The molecule has 0 bridgehead atoms. The van der Waals surface area contributed by atoms with Gasteiger partial charge >= 0.3 is 12.1 Å². The van der Waals surface area contributed by atoms with Crippen molar-refractivity contribution < 1.29 is 27.9 Å². The Balaban J connectivity index is 2.15. The van der Waals surface area contributed by atoms with Crippen molar-refractivity contribution in [2.45, 2.75) is 24.6 Å².